The summed E-state index contributed by atoms with van der Waals surface area (Å²) in [5.41, 5.74) is 1.83. The standard InChI is InChI=1S/C24H25N3O3/c1-17(20-11-10-18-6-2-3-7-21(18)16-20)25-24(28)19-12-14-26(15-13-19)22-8-4-5-9-23(22)27(29)30/h2-11,16-17,19H,12-15H2,1H3,(H,25,28). The van der Waals surface area contributed by atoms with E-state index in [9.17, 15) is 14.9 Å². The van der Waals surface area contributed by atoms with Gasteiger partial charge in [-0.15, -0.1) is 0 Å². The van der Waals surface area contributed by atoms with E-state index in [-0.39, 0.29) is 28.5 Å². The Balaban J connectivity index is 1.38. The number of para-hydroxylation sites is 2. The first-order valence-electron chi connectivity index (χ1n) is 10.3. The molecule has 0 aromatic heterocycles. The summed E-state index contributed by atoms with van der Waals surface area (Å²) in [6, 6.07) is 21.2. The minimum Gasteiger partial charge on any atom is -0.366 e. The molecule has 0 spiro atoms. The van der Waals surface area contributed by atoms with Gasteiger partial charge in [0, 0.05) is 25.1 Å². The number of amides is 1. The van der Waals surface area contributed by atoms with E-state index in [2.05, 4.69) is 35.6 Å². The number of nitro groups is 1. The van der Waals surface area contributed by atoms with Crippen molar-refractivity contribution >= 4 is 28.1 Å². The Morgan fingerprint density at radius 2 is 1.70 bits per heavy atom. The van der Waals surface area contributed by atoms with E-state index >= 15 is 0 Å². The van der Waals surface area contributed by atoms with Crippen LogP contribution in [-0.2, 0) is 4.79 Å². The number of fused-ring (bicyclic) bond motifs is 1. The van der Waals surface area contributed by atoms with Crippen LogP contribution in [0.25, 0.3) is 10.8 Å². The van der Waals surface area contributed by atoms with Crippen LogP contribution in [0.1, 0.15) is 31.4 Å². The van der Waals surface area contributed by atoms with E-state index in [4.69, 9.17) is 0 Å². The van der Waals surface area contributed by atoms with Crippen LogP contribution in [0.5, 0.6) is 0 Å². The number of rotatable bonds is 5. The first kappa shape index (κ1) is 19.9. The van der Waals surface area contributed by atoms with Crippen molar-refractivity contribution in [3.8, 4) is 0 Å². The van der Waals surface area contributed by atoms with Crippen molar-refractivity contribution in [1.82, 2.24) is 5.32 Å². The Labute approximate surface area is 175 Å². The van der Waals surface area contributed by atoms with Crippen LogP contribution in [0.15, 0.2) is 66.7 Å². The first-order chi connectivity index (χ1) is 14.5. The molecule has 4 rings (SSSR count). The number of anilines is 1. The highest BCUT2D eigenvalue weighted by atomic mass is 16.6. The number of hydrogen-bond acceptors (Lipinski definition) is 4. The van der Waals surface area contributed by atoms with Crippen molar-refractivity contribution in [2.45, 2.75) is 25.8 Å². The van der Waals surface area contributed by atoms with Gasteiger partial charge in [0.15, 0.2) is 0 Å². The Bertz CT molecular complexity index is 1070. The lowest BCUT2D eigenvalue weighted by molar-refractivity contribution is -0.384. The third kappa shape index (κ3) is 4.13. The molecule has 1 amide bonds. The quantitative estimate of drug-likeness (QED) is 0.488. The van der Waals surface area contributed by atoms with E-state index in [1.54, 1.807) is 12.1 Å². The fourth-order valence-electron chi connectivity index (χ4n) is 4.16. The lowest BCUT2D eigenvalue weighted by Gasteiger charge is -2.33. The van der Waals surface area contributed by atoms with Gasteiger partial charge in [0.1, 0.15) is 5.69 Å². The van der Waals surface area contributed by atoms with Gasteiger partial charge in [-0.05, 0) is 48.2 Å². The maximum atomic E-state index is 12.8. The fraction of sp³-hybridized carbons (Fsp3) is 0.292. The number of nitro benzene ring substituents is 1. The van der Waals surface area contributed by atoms with E-state index in [0.717, 1.165) is 10.9 Å². The molecule has 6 heteroatoms. The molecule has 6 nitrogen and oxygen atoms in total. The topological polar surface area (TPSA) is 75.5 Å². The Morgan fingerprint density at radius 1 is 1.03 bits per heavy atom. The van der Waals surface area contributed by atoms with Gasteiger partial charge in [-0.3, -0.25) is 14.9 Å². The van der Waals surface area contributed by atoms with E-state index < -0.39 is 0 Å². The zero-order valence-corrected chi connectivity index (χ0v) is 17.0. The summed E-state index contributed by atoms with van der Waals surface area (Å²) >= 11 is 0. The lowest BCUT2D eigenvalue weighted by atomic mass is 9.94. The number of hydrogen-bond donors (Lipinski definition) is 1. The van der Waals surface area contributed by atoms with E-state index in [1.807, 2.05) is 30.0 Å². The fourth-order valence-corrected chi connectivity index (χ4v) is 4.16. The zero-order chi connectivity index (χ0) is 21.1. The molecule has 1 aliphatic rings. The molecule has 0 radical (unpaired) electrons. The average Bonchev–Trinajstić information content (AvgIpc) is 2.78. The van der Waals surface area contributed by atoms with Crippen molar-refractivity contribution in [3.63, 3.8) is 0 Å². The van der Waals surface area contributed by atoms with E-state index in [0.29, 0.717) is 31.6 Å². The highest BCUT2D eigenvalue weighted by Gasteiger charge is 2.28. The molecule has 1 saturated heterocycles. The number of nitrogens with zero attached hydrogens (tertiary/aromatic N) is 2. The van der Waals surface area contributed by atoms with Gasteiger partial charge in [0.2, 0.25) is 5.91 Å². The second kappa shape index (κ2) is 8.53. The molecule has 0 bridgehead atoms. The van der Waals surface area contributed by atoms with Crippen LogP contribution in [0, 0.1) is 16.0 Å². The summed E-state index contributed by atoms with van der Waals surface area (Å²) in [7, 11) is 0. The largest absolute Gasteiger partial charge is 0.366 e. The minimum atomic E-state index is -0.348. The first-order valence-corrected chi connectivity index (χ1v) is 10.3. The van der Waals surface area contributed by atoms with Crippen LogP contribution < -0.4 is 10.2 Å². The van der Waals surface area contributed by atoms with Gasteiger partial charge in [-0.2, -0.15) is 0 Å². The maximum absolute atomic E-state index is 12.8. The second-order valence-corrected chi connectivity index (χ2v) is 7.84. The number of piperidine rings is 1. The number of carbonyl (C=O) groups excluding carboxylic acids is 1. The lowest BCUT2D eigenvalue weighted by Crippen LogP contribution is -2.41. The Morgan fingerprint density at radius 3 is 2.43 bits per heavy atom. The monoisotopic (exact) mass is 403 g/mol. The number of benzene rings is 3. The summed E-state index contributed by atoms with van der Waals surface area (Å²) in [6.07, 6.45) is 1.37. The third-order valence-corrected chi connectivity index (χ3v) is 5.92. The summed E-state index contributed by atoms with van der Waals surface area (Å²) < 4.78 is 0. The Hall–Kier alpha value is -3.41. The van der Waals surface area contributed by atoms with Crippen LogP contribution in [0.3, 0.4) is 0 Å². The number of carbonyl (C=O) groups is 1. The molecule has 0 aliphatic carbocycles. The van der Waals surface area contributed by atoms with Crippen molar-refractivity contribution < 1.29 is 9.72 Å². The molecule has 154 valence electrons. The molecule has 0 saturated carbocycles. The van der Waals surface area contributed by atoms with Crippen molar-refractivity contribution in [2.24, 2.45) is 5.92 Å². The van der Waals surface area contributed by atoms with Crippen molar-refractivity contribution in [3.05, 3.63) is 82.4 Å². The molecule has 30 heavy (non-hydrogen) atoms. The van der Waals surface area contributed by atoms with Crippen LogP contribution in [-0.4, -0.2) is 23.9 Å². The smallest absolute Gasteiger partial charge is 0.292 e. The normalized spacial score (nSPS) is 15.7. The zero-order valence-electron chi connectivity index (χ0n) is 17.0. The predicted octanol–water partition coefficient (Wildman–Crippen LogP) is 4.84. The van der Waals surface area contributed by atoms with Gasteiger partial charge < -0.3 is 10.2 Å². The van der Waals surface area contributed by atoms with Gasteiger partial charge in [-0.1, -0.05) is 48.5 Å². The Kier molecular flexibility index (Phi) is 5.65. The molecule has 1 heterocycles. The molecule has 3 aromatic carbocycles. The molecular weight excluding hydrogens is 378 g/mol. The van der Waals surface area contributed by atoms with Gasteiger partial charge in [0.25, 0.3) is 5.69 Å². The minimum absolute atomic E-state index is 0.0536. The molecule has 1 aliphatic heterocycles. The highest BCUT2D eigenvalue weighted by Crippen LogP contribution is 2.31. The highest BCUT2D eigenvalue weighted by molar-refractivity contribution is 5.84. The maximum Gasteiger partial charge on any atom is 0.292 e. The molecule has 1 N–H and O–H groups in total. The summed E-state index contributed by atoms with van der Waals surface area (Å²) in [6.45, 7) is 3.27. The van der Waals surface area contributed by atoms with Crippen LogP contribution in [0.4, 0.5) is 11.4 Å². The molecule has 1 fully saturated rings. The third-order valence-electron chi connectivity index (χ3n) is 5.92. The average molecular weight is 403 g/mol. The van der Waals surface area contributed by atoms with Crippen molar-refractivity contribution in [1.29, 1.82) is 0 Å². The van der Waals surface area contributed by atoms with Crippen molar-refractivity contribution in [2.75, 3.05) is 18.0 Å². The summed E-state index contributed by atoms with van der Waals surface area (Å²) in [4.78, 5) is 25.8. The van der Waals surface area contributed by atoms with Gasteiger partial charge in [0.05, 0.1) is 11.0 Å². The second-order valence-electron chi connectivity index (χ2n) is 7.84. The molecule has 1 unspecified atom stereocenters. The number of nitrogens with one attached hydrogen (secondary N) is 1. The van der Waals surface area contributed by atoms with Gasteiger partial charge >= 0.3 is 0 Å². The molecule has 1 atom stereocenters. The van der Waals surface area contributed by atoms with Crippen LogP contribution >= 0.6 is 0 Å². The predicted molar refractivity (Wildman–Crippen MR) is 119 cm³/mol. The SMILES string of the molecule is CC(NC(=O)C1CCN(c2ccccc2[N+](=O)[O-])CC1)c1ccc2ccccc2c1. The summed E-state index contributed by atoms with van der Waals surface area (Å²) in [5.74, 6) is -0.0233. The van der Waals surface area contributed by atoms with Gasteiger partial charge in [-0.25, -0.2) is 0 Å². The molecule has 3 aromatic rings. The van der Waals surface area contributed by atoms with Crippen LogP contribution in [0.2, 0.25) is 0 Å². The summed E-state index contributed by atoms with van der Waals surface area (Å²) in [5, 5.41) is 16.8. The molecular formula is C24H25N3O3. The van der Waals surface area contributed by atoms with E-state index in [1.165, 1.54) is 11.5 Å².